The monoisotopic (exact) mass is 385 g/mol. The Bertz CT molecular complexity index is 798. The number of rotatable bonds is 9. The third-order valence-corrected chi connectivity index (χ3v) is 6.24. The maximum absolute atomic E-state index is 5.88. The molecule has 0 saturated heterocycles. The molecule has 0 amide bonds. The molecule has 146 valence electrons. The van der Waals surface area contributed by atoms with Crippen molar-refractivity contribution in [3.8, 4) is 0 Å². The minimum Gasteiger partial charge on any atom is -0.467 e. The molecule has 0 unspecified atom stereocenters. The summed E-state index contributed by atoms with van der Waals surface area (Å²) in [4.78, 5) is 7.58. The fourth-order valence-corrected chi connectivity index (χ4v) is 4.73. The zero-order valence-electron chi connectivity index (χ0n) is 16.7. The van der Waals surface area contributed by atoms with E-state index in [1.807, 2.05) is 23.5 Å². The molecular weight excluding hydrogens is 354 g/mol. The second kappa shape index (κ2) is 9.38. The number of hydrogen-bond acceptors (Lipinski definition) is 4. The summed E-state index contributed by atoms with van der Waals surface area (Å²) in [6.45, 7) is 7.79. The molecule has 2 heterocycles. The number of nitrogens with zero attached hydrogens (tertiary/aromatic N) is 1. The maximum atomic E-state index is 5.88. The van der Waals surface area contributed by atoms with Gasteiger partial charge in [-0.1, -0.05) is 19.4 Å². The van der Waals surface area contributed by atoms with Gasteiger partial charge < -0.3 is 15.5 Å². The summed E-state index contributed by atoms with van der Waals surface area (Å²) in [5, 5.41) is 3.56. The lowest BCUT2D eigenvalue weighted by molar-refractivity contribution is 0.512. The third kappa shape index (κ3) is 5.11. The Balaban J connectivity index is 1.93. The predicted molar refractivity (Wildman–Crippen MR) is 115 cm³/mol. The number of aliphatic imine (C=N–C) groups is 1. The van der Waals surface area contributed by atoms with Crippen LogP contribution in [0.2, 0.25) is 0 Å². The summed E-state index contributed by atoms with van der Waals surface area (Å²) >= 11 is 1.86. The summed E-state index contributed by atoms with van der Waals surface area (Å²) in [6.07, 6.45) is 9.71. The molecule has 0 aliphatic heterocycles. The van der Waals surface area contributed by atoms with Crippen molar-refractivity contribution in [2.24, 2.45) is 10.7 Å². The zero-order chi connectivity index (χ0) is 19.2. The van der Waals surface area contributed by atoms with Crippen LogP contribution in [0.5, 0.6) is 0 Å². The van der Waals surface area contributed by atoms with Crippen LogP contribution in [0.4, 0.5) is 0 Å². The van der Waals surface area contributed by atoms with Gasteiger partial charge >= 0.3 is 0 Å². The number of hydrogen-bond donors (Lipinski definition) is 2. The highest BCUT2D eigenvalue weighted by molar-refractivity contribution is 7.14. The Hall–Kier alpha value is -1.85. The van der Waals surface area contributed by atoms with E-state index in [2.05, 4.69) is 32.2 Å². The zero-order valence-corrected chi connectivity index (χ0v) is 17.5. The largest absolute Gasteiger partial charge is 0.467 e. The van der Waals surface area contributed by atoms with Crippen molar-refractivity contribution in [3.63, 3.8) is 0 Å². The summed E-state index contributed by atoms with van der Waals surface area (Å²) in [6, 6.07) is 3.88. The van der Waals surface area contributed by atoms with Gasteiger partial charge in [-0.05, 0) is 75.3 Å². The van der Waals surface area contributed by atoms with Crippen molar-refractivity contribution in [1.82, 2.24) is 5.32 Å². The van der Waals surface area contributed by atoms with E-state index in [1.165, 1.54) is 33.7 Å². The predicted octanol–water partition coefficient (Wildman–Crippen LogP) is 5.27. The normalized spacial score (nSPS) is 15.4. The quantitative estimate of drug-likeness (QED) is 0.457. The lowest BCUT2D eigenvalue weighted by atomic mass is 10.0. The fourth-order valence-electron chi connectivity index (χ4n) is 3.36. The summed E-state index contributed by atoms with van der Waals surface area (Å²) in [7, 11) is 0. The van der Waals surface area contributed by atoms with Crippen LogP contribution in [0.15, 0.2) is 39.6 Å². The lowest BCUT2D eigenvalue weighted by Crippen LogP contribution is -2.23. The number of thiophene rings is 1. The van der Waals surface area contributed by atoms with Gasteiger partial charge in [-0.15, -0.1) is 11.3 Å². The first-order valence-corrected chi connectivity index (χ1v) is 10.8. The molecule has 1 aliphatic carbocycles. The minimum absolute atomic E-state index is 0.540. The van der Waals surface area contributed by atoms with E-state index in [0.29, 0.717) is 13.1 Å². The Morgan fingerprint density at radius 2 is 2.26 bits per heavy atom. The van der Waals surface area contributed by atoms with Crippen molar-refractivity contribution in [2.45, 2.75) is 65.3 Å². The van der Waals surface area contributed by atoms with Crippen LogP contribution in [-0.2, 0) is 13.0 Å². The average molecular weight is 386 g/mol. The van der Waals surface area contributed by atoms with Gasteiger partial charge in [-0.2, -0.15) is 0 Å². The van der Waals surface area contributed by atoms with Crippen LogP contribution in [0, 0.1) is 6.92 Å². The van der Waals surface area contributed by atoms with Crippen molar-refractivity contribution in [2.75, 3.05) is 6.54 Å². The molecule has 1 saturated carbocycles. The first-order chi connectivity index (χ1) is 13.1. The van der Waals surface area contributed by atoms with Crippen LogP contribution in [0.1, 0.15) is 72.1 Å². The molecule has 0 aromatic carbocycles. The van der Waals surface area contributed by atoms with Crippen molar-refractivity contribution >= 4 is 17.2 Å². The van der Waals surface area contributed by atoms with E-state index in [-0.39, 0.29) is 0 Å². The number of furan rings is 1. The Kier molecular flexibility index (Phi) is 6.91. The molecule has 0 atom stereocenters. The van der Waals surface area contributed by atoms with Crippen molar-refractivity contribution in [3.05, 3.63) is 56.8 Å². The van der Waals surface area contributed by atoms with E-state index < -0.39 is 0 Å². The molecule has 27 heavy (non-hydrogen) atoms. The Morgan fingerprint density at radius 3 is 2.89 bits per heavy atom. The van der Waals surface area contributed by atoms with Gasteiger partial charge in [0.05, 0.1) is 17.7 Å². The standard InChI is InChI=1S/C22H31N3OS/c1-4-5-7-15(2)25-22(24-14-18-8-6-13-26-18)21-16(3)20(17-9-10-17)19(27-21)11-12-23/h6-8,13,17H,4-5,9-12,14,23H2,1-3H3,(H,24,25)/b15-7+. The molecule has 5 heteroatoms. The fraction of sp³-hybridized carbons (Fsp3) is 0.500. The number of unbranched alkanes of at least 4 members (excludes halogenated alkanes) is 1. The van der Waals surface area contributed by atoms with Gasteiger partial charge in [-0.25, -0.2) is 0 Å². The van der Waals surface area contributed by atoms with Crippen LogP contribution >= 0.6 is 11.3 Å². The summed E-state index contributed by atoms with van der Waals surface area (Å²) in [5.74, 6) is 2.55. The second-order valence-corrected chi connectivity index (χ2v) is 8.36. The molecule has 0 bridgehead atoms. The first-order valence-electron chi connectivity index (χ1n) is 9.97. The smallest absolute Gasteiger partial charge is 0.143 e. The lowest BCUT2D eigenvalue weighted by Gasteiger charge is -2.11. The Labute approximate surface area is 166 Å². The van der Waals surface area contributed by atoms with Gasteiger partial charge in [0.2, 0.25) is 0 Å². The average Bonchev–Trinajstić information content (AvgIpc) is 3.24. The maximum Gasteiger partial charge on any atom is 0.143 e. The van der Waals surface area contributed by atoms with E-state index in [9.17, 15) is 0 Å². The molecule has 3 N–H and O–H groups in total. The van der Waals surface area contributed by atoms with E-state index >= 15 is 0 Å². The van der Waals surface area contributed by atoms with Crippen LogP contribution in [-0.4, -0.2) is 12.4 Å². The van der Waals surface area contributed by atoms with Gasteiger partial charge in [-0.3, -0.25) is 4.99 Å². The van der Waals surface area contributed by atoms with Crippen LogP contribution in [0.3, 0.4) is 0 Å². The number of allylic oxidation sites excluding steroid dienone is 2. The van der Waals surface area contributed by atoms with Crippen LogP contribution in [0.25, 0.3) is 0 Å². The van der Waals surface area contributed by atoms with E-state index in [0.717, 1.165) is 42.5 Å². The molecule has 0 radical (unpaired) electrons. The van der Waals surface area contributed by atoms with Gasteiger partial charge in [0, 0.05) is 10.6 Å². The summed E-state index contributed by atoms with van der Waals surface area (Å²) < 4.78 is 5.47. The number of nitrogens with one attached hydrogen (secondary N) is 1. The van der Waals surface area contributed by atoms with Gasteiger partial charge in [0.15, 0.2) is 0 Å². The highest BCUT2D eigenvalue weighted by atomic mass is 32.1. The Morgan fingerprint density at radius 1 is 1.44 bits per heavy atom. The number of amidine groups is 1. The molecule has 4 nitrogen and oxygen atoms in total. The summed E-state index contributed by atoms with van der Waals surface area (Å²) in [5.41, 5.74) is 9.94. The highest BCUT2D eigenvalue weighted by Crippen LogP contribution is 2.47. The molecule has 1 fully saturated rings. The second-order valence-electron chi connectivity index (χ2n) is 7.25. The van der Waals surface area contributed by atoms with Crippen LogP contribution < -0.4 is 11.1 Å². The SMILES string of the molecule is CCC/C=C(\C)NC(=NCc1ccco1)c1sc(CCN)c(C2CC2)c1C. The highest BCUT2D eigenvalue weighted by Gasteiger charge is 2.31. The van der Waals surface area contributed by atoms with E-state index in [4.69, 9.17) is 15.1 Å². The van der Waals surface area contributed by atoms with Crippen molar-refractivity contribution < 1.29 is 4.42 Å². The topological polar surface area (TPSA) is 63.5 Å². The molecule has 3 rings (SSSR count). The molecule has 1 aliphatic rings. The molecule has 2 aromatic heterocycles. The molecule has 0 spiro atoms. The first kappa shape index (κ1) is 19.9. The van der Waals surface area contributed by atoms with Gasteiger partial charge in [0.1, 0.15) is 11.6 Å². The van der Waals surface area contributed by atoms with Gasteiger partial charge in [0.25, 0.3) is 0 Å². The minimum atomic E-state index is 0.540. The molecular formula is C22H31N3OS. The van der Waals surface area contributed by atoms with E-state index in [1.54, 1.807) is 6.26 Å². The number of nitrogens with two attached hydrogens (primary N) is 1. The molecule has 2 aromatic rings. The third-order valence-electron chi connectivity index (χ3n) is 4.87. The van der Waals surface area contributed by atoms with Crippen molar-refractivity contribution in [1.29, 1.82) is 0 Å².